The Balaban J connectivity index is 5.38. The minimum atomic E-state index is -1.38. The molecule has 9 heteroatoms. The first-order chi connectivity index (χ1) is 12.9. The third-order valence-corrected chi connectivity index (χ3v) is 3.58. The van der Waals surface area contributed by atoms with Crippen LogP contribution in [0.4, 0.5) is 0 Å². The number of nitrogens with two attached hydrogens (primary N) is 2. The Morgan fingerprint density at radius 1 is 0.862 bits per heavy atom. The minimum absolute atomic E-state index is 0.111. The van der Waals surface area contributed by atoms with Crippen LogP contribution < -0.4 is 16.8 Å². The molecule has 5 N–H and O–H groups in total. The third-order valence-electron chi connectivity index (χ3n) is 3.58. The molecule has 0 unspecified atom stereocenters. The maximum absolute atomic E-state index is 12.5. The maximum Gasteiger partial charge on any atom is 0.320 e. The molecule has 2 atom stereocenters. The van der Waals surface area contributed by atoms with Gasteiger partial charge in [0, 0.05) is 0 Å². The van der Waals surface area contributed by atoms with E-state index in [0.717, 1.165) is 0 Å². The predicted molar refractivity (Wildman–Crippen MR) is 108 cm³/mol. The molecule has 0 aromatic carbocycles. The van der Waals surface area contributed by atoms with Crippen LogP contribution in [0.5, 0.6) is 0 Å². The summed E-state index contributed by atoms with van der Waals surface area (Å²) in [5.41, 5.74) is 9.58. The number of hydrogen-bond donors (Lipinski definition) is 3. The summed E-state index contributed by atoms with van der Waals surface area (Å²) in [6.07, 6.45) is 0.0121. The second kappa shape index (κ2) is 10.6. The molecular formula is C20H37N3O6. The third kappa shape index (κ3) is 11.4. The molecule has 29 heavy (non-hydrogen) atoms. The van der Waals surface area contributed by atoms with Crippen molar-refractivity contribution in [3.8, 4) is 0 Å². The molecule has 0 fully saturated rings. The van der Waals surface area contributed by atoms with Crippen LogP contribution in [0.3, 0.4) is 0 Å². The van der Waals surface area contributed by atoms with Crippen molar-refractivity contribution in [2.24, 2.45) is 23.3 Å². The molecule has 0 aliphatic rings. The van der Waals surface area contributed by atoms with Gasteiger partial charge in [-0.15, -0.1) is 0 Å². The van der Waals surface area contributed by atoms with Crippen LogP contribution >= 0.6 is 0 Å². The first kappa shape index (κ1) is 26.8. The highest BCUT2D eigenvalue weighted by atomic mass is 16.6. The van der Waals surface area contributed by atoms with E-state index >= 15 is 0 Å². The predicted octanol–water partition coefficient (Wildman–Crippen LogP) is 1.02. The van der Waals surface area contributed by atoms with E-state index in [4.69, 9.17) is 20.9 Å². The summed E-state index contributed by atoms with van der Waals surface area (Å²) in [7, 11) is 0. The zero-order valence-corrected chi connectivity index (χ0v) is 18.8. The van der Waals surface area contributed by atoms with Gasteiger partial charge in [0.1, 0.15) is 17.2 Å². The summed E-state index contributed by atoms with van der Waals surface area (Å²) >= 11 is 0. The molecule has 0 saturated heterocycles. The molecule has 0 rings (SSSR count). The summed E-state index contributed by atoms with van der Waals surface area (Å²) in [5, 5.41) is 2.48. The van der Waals surface area contributed by atoms with Crippen LogP contribution in [0.1, 0.15) is 68.2 Å². The van der Waals surface area contributed by atoms with Crippen LogP contribution in [0.15, 0.2) is 0 Å². The number of amides is 2. The number of carbonyl (C=O) groups excluding carboxylic acids is 4. The minimum Gasteiger partial charge on any atom is -0.459 e. The van der Waals surface area contributed by atoms with Crippen molar-refractivity contribution >= 4 is 23.8 Å². The van der Waals surface area contributed by atoms with Gasteiger partial charge in [-0.05, 0) is 60.3 Å². The summed E-state index contributed by atoms with van der Waals surface area (Å²) in [6, 6.07) is -2.14. The van der Waals surface area contributed by atoms with E-state index in [1.165, 1.54) is 0 Å². The number of rotatable bonds is 9. The van der Waals surface area contributed by atoms with Crippen LogP contribution in [0.25, 0.3) is 0 Å². The smallest absolute Gasteiger partial charge is 0.320 e. The first-order valence-corrected chi connectivity index (χ1v) is 9.74. The topological polar surface area (TPSA) is 151 Å². The van der Waals surface area contributed by atoms with Gasteiger partial charge in [-0.25, -0.2) is 0 Å². The Hall–Kier alpha value is -2.16. The lowest BCUT2D eigenvalue weighted by atomic mass is 9.97. The van der Waals surface area contributed by atoms with Gasteiger partial charge in [0.25, 0.3) is 0 Å². The Bertz CT molecular complexity index is 576. The monoisotopic (exact) mass is 415 g/mol. The molecule has 0 aromatic rings. The maximum atomic E-state index is 12.5. The Kier molecular flexibility index (Phi) is 9.78. The Morgan fingerprint density at radius 2 is 1.28 bits per heavy atom. The fourth-order valence-electron chi connectivity index (χ4n) is 2.39. The molecule has 168 valence electrons. The van der Waals surface area contributed by atoms with Crippen molar-refractivity contribution in [2.45, 2.75) is 91.5 Å². The van der Waals surface area contributed by atoms with Gasteiger partial charge in [-0.3, -0.25) is 19.2 Å². The molecule has 2 amide bonds. The second-order valence-electron chi connectivity index (χ2n) is 9.55. The number of carbonyl (C=O) groups is 4. The fraction of sp³-hybridized carbons (Fsp3) is 0.800. The highest BCUT2D eigenvalue weighted by Gasteiger charge is 2.37. The quantitative estimate of drug-likeness (QED) is 0.375. The number of hydrogen-bond acceptors (Lipinski definition) is 7. The van der Waals surface area contributed by atoms with E-state index in [-0.39, 0.29) is 12.3 Å². The molecule has 0 heterocycles. The van der Waals surface area contributed by atoms with Gasteiger partial charge < -0.3 is 26.3 Å². The molecule has 0 radical (unpaired) electrons. The zero-order valence-electron chi connectivity index (χ0n) is 18.8. The van der Waals surface area contributed by atoms with Crippen molar-refractivity contribution in [1.29, 1.82) is 0 Å². The number of nitrogens with one attached hydrogen (secondary N) is 1. The second-order valence-corrected chi connectivity index (χ2v) is 9.55. The number of ether oxygens (including phenoxy) is 2. The molecule has 0 aromatic heterocycles. The van der Waals surface area contributed by atoms with E-state index in [1.807, 2.05) is 13.8 Å². The molecule has 9 nitrogen and oxygen atoms in total. The summed E-state index contributed by atoms with van der Waals surface area (Å²) in [4.78, 5) is 49.1. The average Bonchev–Trinajstić information content (AvgIpc) is 2.47. The molecule has 0 aliphatic carbocycles. The number of primary amides is 1. The van der Waals surface area contributed by atoms with Crippen LogP contribution in [0.2, 0.25) is 0 Å². The largest absolute Gasteiger partial charge is 0.459 e. The van der Waals surface area contributed by atoms with E-state index in [1.54, 1.807) is 41.5 Å². The first-order valence-electron chi connectivity index (χ1n) is 9.74. The lowest BCUT2D eigenvalue weighted by Crippen LogP contribution is -2.52. The van der Waals surface area contributed by atoms with E-state index in [2.05, 4.69) is 5.32 Å². The Morgan fingerprint density at radius 3 is 1.59 bits per heavy atom. The zero-order chi connectivity index (χ0) is 23.2. The number of esters is 2. The van der Waals surface area contributed by atoms with Crippen molar-refractivity contribution in [3.05, 3.63) is 0 Å². The van der Waals surface area contributed by atoms with Crippen molar-refractivity contribution in [2.75, 3.05) is 0 Å². The standard InChI is InChI=1S/C20H37N3O6/c1-11(2)9-14(15(22)24)23-16(25)13(21)10-12(17(26)28-19(3,4)5)18(27)29-20(6,7)8/h11-14H,9-10,21H2,1-8H3,(H2,22,24)(H,23,25)/t13-,14-/m0/s1. The molecule has 0 saturated carbocycles. The highest BCUT2D eigenvalue weighted by molar-refractivity contribution is 5.96. The van der Waals surface area contributed by atoms with E-state index in [0.29, 0.717) is 6.42 Å². The summed E-state index contributed by atoms with van der Waals surface area (Å²) in [6.45, 7) is 13.7. The SMILES string of the molecule is CC(C)C[C@H](NC(=O)[C@@H](N)CC(C(=O)OC(C)(C)C)C(=O)OC(C)(C)C)C(N)=O. The van der Waals surface area contributed by atoms with Gasteiger partial charge in [0.15, 0.2) is 5.92 Å². The van der Waals surface area contributed by atoms with E-state index in [9.17, 15) is 19.2 Å². The van der Waals surface area contributed by atoms with Crippen LogP contribution in [-0.4, -0.2) is 47.0 Å². The van der Waals surface area contributed by atoms with Gasteiger partial charge in [0.05, 0.1) is 6.04 Å². The highest BCUT2D eigenvalue weighted by Crippen LogP contribution is 2.20. The molecule has 0 aliphatic heterocycles. The molecule has 0 bridgehead atoms. The molecule has 0 spiro atoms. The van der Waals surface area contributed by atoms with Crippen LogP contribution in [-0.2, 0) is 28.7 Å². The van der Waals surface area contributed by atoms with Crippen molar-refractivity contribution in [3.63, 3.8) is 0 Å². The fourth-order valence-corrected chi connectivity index (χ4v) is 2.39. The lowest BCUT2D eigenvalue weighted by molar-refractivity contribution is -0.175. The molecular weight excluding hydrogens is 378 g/mol. The van der Waals surface area contributed by atoms with E-state index < -0.39 is 53.0 Å². The van der Waals surface area contributed by atoms with Gasteiger partial charge in [-0.1, -0.05) is 13.8 Å². The normalized spacial score (nSPS) is 14.3. The van der Waals surface area contributed by atoms with Crippen molar-refractivity contribution < 1.29 is 28.7 Å². The average molecular weight is 416 g/mol. The summed E-state index contributed by atoms with van der Waals surface area (Å²) < 4.78 is 10.6. The van der Waals surface area contributed by atoms with Crippen LogP contribution in [0, 0.1) is 11.8 Å². The summed E-state index contributed by atoms with van der Waals surface area (Å²) in [5.74, 6) is -4.31. The van der Waals surface area contributed by atoms with Gasteiger partial charge >= 0.3 is 11.9 Å². The lowest BCUT2D eigenvalue weighted by Gasteiger charge is -2.27. The van der Waals surface area contributed by atoms with Crippen molar-refractivity contribution in [1.82, 2.24) is 5.32 Å². The Labute approximate surface area is 173 Å². The van der Waals surface area contributed by atoms with Gasteiger partial charge in [-0.2, -0.15) is 0 Å². The van der Waals surface area contributed by atoms with Gasteiger partial charge in [0.2, 0.25) is 11.8 Å².